The van der Waals surface area contributed by atoms with Gasteiger partial charge in [0.05, 0.1) is 17.0 Å². The minimum atomic E-state index is -0.600. The number of aryl methyl sites for hydroxylation is 2. The quantitative estimate of drug-likeness (QED) is 0.518. The van der Waals surface area contributed by atoms with Crippen LogP contribution in [0.4, 0.5) is 5.13 Å². The molecule has 1 aliphatic rings. The fourth-order valence-corrected chi connectivity index (χ4v) is 4.33. The van der Waals surface area contributed by atoms with Gasteiger partial charge in [-0.05, 0) is 31.5 Å². The molecule has 0 bridgehead atoms. The van der Waals surface area contributed by atoms with Crippen LogP contribution in [-0.2, 0) is 0 Å². The standard InChI is InChI=1S/C21H15N3O3S/c1-11-8-9-15-14(10-11)18(25)16-17(13-6-4-3-5-7-13)24(20(26)19(16)27-15)21-23-22-12(2)28-21/h3-10,17H,1-2H3. The molecule has 1 aliphatic heterocycles. The highest BCUT2D eigenvalue weighted by Gasteiger charge is 2.45. The maximum Gasteiger partial charge on any atom is 0.297 e. The molecule has 1 atom stereocenters. The Hall–Kier alpha value is -3.32. The zero-order chi connectivity index (χ0) is 19.4. The highest BCUT2D eigenvalue weighted by atomic mass is 32.1. The van der Waals surface area contributed by atoms with Gasteiger partial charge in [-0.1, -0.05) is 53.3 Å². The number of anilines is 1. The molecule has 138 valence electrons. The maximum absolute atomic E-state index is 13.4. The van der Waals surface area contributed by atoms with E-state index in [-0.39, 0.29) is 17.1 Å². The average molecular weight is 389 g/mol. The van der Waals surface area contributed by atoms with E-state index in [9.17, 15) is 9.59 Å². The molecule has 0 saturated heterocycles. The summed E-state index contributed by atoms with van der Waals surface area (Å²) in [5.41, 5.74) is 2.34. The Morgan fingerprint density at radius 1 is 1.04 bits per heavy atom. The molecule has 3 heterocycles. The maximum atomic E-state index is 13.4. The van der Waals surface area contributed by atoms with Crippen molar-refractivity contribution in [1.82, 2.24) is 10.2 Å². The molecule has 28 heavy (non-hydrogen) atoms. The molecule has 0 fully saturated rings. The molecule has 2 aromatic heterocycles. The third-order valence-electron chi connectivity index (χ3n) is 4.86. The van der Waals surface area contributed by atoms with E-state index in [0.717, 1.165) is 16.1 Å². The summed E-state index contributed by atoms with van der Waals surface area (Å²) in [5, 5.41) is 9.85. The van der Waals surface area contributed by atoms with Gasteiger partial charge in [-0.3, -0.25) is 14.5 Å². The van der Waals surface area contributed by atoms with Crippen molar-refractivity contribution in [1.29, 1.82) is 0 Å². The van der Waals surface area contributed by atoms with E-state index in [1.54, 1.807) is 12.1 Å². The second-order valence-electron chi connectivity index (χ2n) is 6.77. The molecule has 5 rings (SSSR count). The third-order valence-corrected chi connectivity index (χ3v) is 5.70. The van der Waals surface area contributed by atoms with Gasteiger partial charge in [0.15, 0.2) is 5.43 Å². The van der Waals surface area contributed by atoms with Crippen molar-refractivity contribution in [3.63, 3.8) is 0 Å². The van der Waals surface area contributed by atoms with Crippen LogP contribution in [0, 0.1) is 13.8 Å². The van der Waals surface area contributed by atoms with Gasteiger partial charge >= 0.3 is 0 Å². The van der Waals surface area contributed by atoms with Crippen LogP contribution in [0.15, 0.2) is 57.7 Å². The number of rotatable bonds is 2. The van der Waals surface area contributed by atoms with E-state index in [1.165, 1.54) is 16.2 Å². The summed E-state index contributed by atoms with van der Waals surface area (Å²) in [6, 6.07) is 14.2. The van der Waals surface area contributed by atoms with Crippen LogP contribution in [0.5, 0.6) is 0 Å². The number of hydrogen-bond acceptors (Lipinski definition) is 6. The molecule has 0 saturated carbocycles. The van der Waals surface area contributed by atoms with E-state index in [0.29, 0.717) is 21.7 Å². The summed E-state index contributed by atoms with van der Waals surface area (Å²) < 4.78 is 5.93. The Kier molecular flexibility index (Phi) is 3.67. The molecule has 1 amide bonds. The fraction of sp³-hybridized carbons (Fsp3) is 0.143. The Balaban J connectivity index is 1.84. The summed E-state index contributed by atoms with van der Waals surface area (Å²) in [6.45, 7) is 3.75. The van der Waals surface area contributed by atoms with Crippen molar-refractivity contribution < 1.29 is 9.21 Å². The lowest BCUT2D eigenvalue weighted by Crippen LogP contribution is -2.29. The monoisotopic (exact) mass is 389 g/mol. The number of amides is 1. The molecule has 0 N–H and O–H groups in total. The highest BCUT2D eigenvalue weighted by Crippen LogP contribution is 2.41. The lowest BCUT2D eigenvalue weighted by Gasteiger charge is -2.21. The van der Waals surface area contributed by atoms with Gasteiger partial charge in [0, 0.05) is 0 Å². The van der Waals surface area contributed by atoms with E-state index in [4.69, 9.17) is 4.42 Å². The van der Waals surface area contributed by atoms with Crippen molar-refractivity contribution in [3.8, 4) is 0 Å². The van der Waals surface area contributed by atoms with Gasteiger partial charge in [-0.25, -0.2) is 0 Å². The van der Waals surface area contributed by atoms with E-state index in [1.807, 2.05) is 50.2 Å². The highest BCUT2D eigenvalue weighted by molar-refractivity contribution is 7.15. The minimum absolute atomic E-state index is 0.0723. The summed E-state index contributed by atoms with van der Waals surface area (Å²) in [4.78, 5) is 28.2. The van der Waals surface area contributed by atoms with Crippen molar-refractivity contribution in [3.05, 3.63) is 86.2 Å². The van der Waals surface area contributed by atoms with Gasteiger partial charge in [-0.2, -0.15) is 0 Å². The average Bonchev–Trinajstić information content (AvgIpc) is 3.24. The van der Waals surface area contributed by atoms with Gasteiger partial charge < -0.3 is 4.42 Å². The minimum Gasteiger partial charge on any atom is -0.450 e. The SMILES string of the molecule is Cc1ccc2oc3c(c(=O)c2c1)C(c1ccccc1)N(c1nnc(C)s1)C3=O. The fourth-order valence-electron chi connectivity index (χ4n) is 3.62. The molecular weight excluding hydrogens is 374 g/mol. The van der Waals surface area contributed by atoms with Crippen molar-refractivity contribution in [2.45, 2.75) is 19.9 Å². The van der Waals surface area contributed by atoms with Crippen molar-refractivity contribution in [2.75, 3.05) is 4.90 Å². The molecule has 0 spiro atoms. The van der Waals surface area contributed by atoms with Crippen molar-refractivity contribution in [2.24, 2.45) is 0 Å². The smallest absolute Gasteiger partial charge is 0.297 e. The summed E-state index contributed by atoms with van der Waals surface area (Å²) in [7, 11) is 0. The van der Waals surface area contributed by atoms with Gasteiger partial charge in [-0.15, -0.1) is 10.2 Å². The first-order chi connectivity index (χ1) is 13.5. The number of benzene rings is 2. The largest absolute Gasteiger partial charge is 0.450 e. The van der Waals surface area contributed by atoms with Crippen LogP contribution < -0.4 is 10.3 Å². The second kappa shape index (κ2) is 6.10. The Labute approximate surface area is 164 Å². The van der Waals surface area contributed by atoms with Crippen LogP contribution in [0.2, 0.25) is 0 Å². The van der Waals surface area contributed by atoms with Gasteiger partial charge in [0.1, 0.15) is 10.6 Å². The van der Waals surface area contributed by atoms with Crippen LogP contribution in [0.25, 0.3) is 11.0 Å². The first-order valence-electron chi connectivity index (χ1n) is 8.80. The molecule has 6 nitrogen and oxygen atoms in total. The zero-order valence-corrected chi connectivity index (χ0v) is 16.0. The molecular formula is C21H15N3O3S. The van der Waals surface area contributed by atoms with E-state index < -0.39 is 6.04 Å². The predicted molar refractivity (Wildman–Crippen MR) is 107 cm³/mol. The van der Waals surface area contributed by atoms with E-state index in [2.05, 4.69) is 10.2 Å². The Bertz CT molecular complexity index is 1290. The normalized spacial score (nSPS) is 16.0. The van der Waals surface area contributed by atoms with Crippen LogP contribution in [0.3, 0.4) is 0 Å². The van der Waals surface area contributed by atoms with Crippen LogP contribution in [-0.4, -0.2) is 16.1 Å². The lowest BCUT2D eigenvalue weighted by molar-refractivity contribution is 0.0970. The topological polar surface area (TPSA) is 76.3 Å². The molecule has 0 radical (unpaired) electrons. The Morgan fingerprint density at radius 3 is 2.54 bits per heavy atom. The second-order valence-corrected chi connectivity index (χ2v) is 7.93. The first-order valence-corrected chi connectivity index (χ1v) is 9.62. The van der Waals surface area contributed by atoms with E-state index >= 15 is 0 Å². The summed E-state index contributed by atoms with van der Waals surface area (Å²) >= 11 is 1.31. The molecule has 4 aromatic rings. The first kappa shape index (κ1) is 16.8. The predicted octanol–water partition coefficient (Wildman–Crippen LogP) is 4.01. The van der Waals surface area contributed by atoms with Crippen molar-refractivity contribution >= 4 is 33.3 Å². The molecule has 2 aromatic carbocycles. The molecule has 0 aliphatic carbocycles. The number of fused-ring (bicyclic) bond motifs is 2. The molecule has 1 unspecified atom stereocenters. The number of nitrogens with zero attached hydrogens (tertiary/aromatic N) is 3. The summed E-state index contributed by atoms with van der Waals surface area (Å²) in [6.07, 6.45) is 0. The number of hydrogen-bond donors (Lipinski definition) is 0. The number of aromatic nitrogens is 2. The third kappa shape index (κ3) is 2.40. The summed E-state index contributed by atoms with van der Waals surface area (Å²) in [5.74, 6) is -0.303. The number of carbonyl (C=O) groups is 1. The molecule has 7 heteroatoms. The van der Waals surface area contributed by atoms with Gasteiger partial charge in [0.2, 0.25) is 10.9 Å². The van der Waals surface area contributed by atoms with Crippen LogP contribution in [0.1, 0.15) is 38.3 Å². The van der Waals surface area contributed by atoms with Gasteiger partial charge in [0.25, 0.3) is 5.91 Å². The zero-order valence-electron chi connectivity index (χ0n) is 15.2. The number of carbonyl (C=O) groups excluding carboxylic acids is 1. The van der Waals surface area contributed by atoms with Crippen LogP contribution >= 0.6 is 11.3 Å². The lowest BCUT2D eigenvalue weighted by atomic mass is 9.98. The Morgan fingerprint density at radius 2 is 1.82 bits per heavy atom.